The predicted molar refractivity (Wildman–Crippen MR) is 111 cm³/mol. The second kappa shape index (κ2) is 9.98. The van der Waals surface area contributed by atoms with E-state index in [0.29, 0.717) is 5.56 Å². The summed E-state index contributed by atoms with van der Waals surface area (Å²) in [5.41, 5.74) is 0.0692. The molecular formula is C22H24O10. The van der Waals surface area contributed by atoms with Crippen LogP contribution in [0.4, 0.5) is 0 Å². The molecule has 1 aliphatic rings. The predicted octanol–water partition coefficient (Wildman–Crippen LogP) is 0.181. The number of phenolic OH excluding ortho intramolecular Hbond substituents is 2. The van der Waals surface area contributed by atoms with Crippen LogP contribution in [-0.2, 0) is 4.74 Å². The Morgan fingerprint density at radius 2 is 1.78 bits per heavy atom. The number of ether oxygens (including phenoxy) is 3. The van der Waals surface area contributed by atoms with E-state index in [4.69, 9.17) is 14.2 Å². The first-order valence-corrected chi connectivity index (χ1v) is 9.65. The average molecular weight is 448 g/mol. The highest BCUT2D eigenvalue weighted by Gasteiger charge is 2.45. The van der Waals surface area contributed by atoms with Gasteiger partial charge in [0, 0.05) is 17.7 Å². The van der Waals surface area contributed by atoms with Gasteiger partial charge in [-0.1, -0.05) is 18.2 Å². The number of rotatable bonds is 7. The number of methoxy groups -OCH3 is 1. The molecule has 2 aromatic rings. The Morgan fingerprint density at radius 3 is 2.44 bits per heavy atom. The van der Waals surface area contributed by atoms with Crippen LogP contribution in [0.25, 0.3) is 6.08 Å². The van der Waals surface area contributed by atoms with Gasteiger partial charge >= 0.3 is 0 Å². The molecule has 3 rings (SSSR count). The minimum atomic E-state index is -1.72. The van der Waals surface area contributed by atoms with Crippen molar-refractivity contribution in [3.8, 4) is 23.0 Å². The van der Waals surface area contributed by atoms with Crippen molar-refractivity contribution >= 4 is 11.9 Å². The monoisotopic (exact) mass is 448 g/mol. The molecule has 1 fully saturated rings. The fourth-order valence-electron chi connectivity index (χ4n) is 3.20. The summed E-state index contributed by atoms with van der Waals surface area (Å²) >= 11 is 0. The number of allylic oxidation sites excluding steroid dienone is 1. The van der Waals surface area contributed by atoms with Gasteiger partial charge in [-0.05, 0) is 18.2 Å². The van der Waals surface area contributed by atoms with Crippen LogP contribution >= 0.6 is 0 Å². The highest BCUT2D eigenvalue weighted by molar-refractivity contribution is 6.10. The molecule has 0 spiro atoms. The van der Waals surface area contributed by atoms with Gasteiger partial charge in [0.25, 0.3) is 0 Å². The number of carbonyl (C=O) groups is 1. The molecule has 0 aromatic heterocycles. The molecule has 0 radical (unpaired) electrons. The summed E-state index contributed by atoms with van der Waals surface area (Å²) in [6.07, 6.45) is -5.35. The van der Waals surface area contributed by atoms with E-state index in [1.54, 1.807) is 18.2 Å². The molecule has 1 saturated heterocycles. The van der Waals surface area contributed by atoms with Crippen molar-refractivity contribution in [2.24, 2.45) is 0 Å². The van der Waals surface area contributed by atoms with Crippen molar-refractivity contribution in [2.75, 3.05) is 13.7 Å². The lowest BCUT2D eigenvalue weighted by Gasteiger charge is -2.39. The number of para-hydroxylation sites is 1. The van der Waals surface area contributed by atoms with Gasteiger partial charge in [0.15, 0.2) is 5.78 Å². The van der Waals surface area contributed by atoms with Crippen LogP contribution in [-0.4, -0.2) is 80.8 Å². The summed E-state index contributed by atoms with van der Waals surface area (Å²) in [6.45, 7) is -0.663. The summed E-state index contributed by atoms with van der Waals surface area (Å²) < 4.78 is 16.0. The van der Waals surface area contributed by atoms with Crippen molar-refractivity contribution in [2.45, 2.75) is 30.7 Å². The Bertz CT molecular complexity index is 987. The Balaban J connectivity index is 1.94. The highest BCUT2D eigenvalue weighted by atomic mass is 16.7. The van der Waals surface area contributed by atoms with Crippen molar-refractivity contribution in [3.05, 3.63) is 53.6 Å². The van der Waals surface area contributed by atoms with Gasteiger partial charge in [0.2, 0.25) is 6.29 Å². The van der Waals surface area contributed by atoms with Crippen molar-refractivity contribution in [1.29, 1.82) is 0 Å². The molecule has 172 valence electrons. The van der Waals surface area contributed by atoms with Gasteiger partial charge in [-0.15, -0.1) is 0 Å². The molecule has 6 N–H and O–H groups in total. The fourth-order valence-corrected chi connectivity index (χ4v) is 3.20. The first-order chi connectivity index (χ1) is 15.3. The molecule has 0 aliphatic carbocycles. The number of phenols is 2. The molecule has 5 atom stereocenters. The molecule has 10 heteroatoms. The first kappa shape index (κ1) is 23.5. The maximum Gasteiger partial charge on any atom is 0.229 e. The van der Waals surface area contributed by atoms with Gasteiger partial charge in [0.05, 0.1) is 13.7 Å². The lowest BCUT2D eigenvalue weighted by atomic mass is 9.99. The summed E-state index contributed by atoms with van der Waals surface area (Å²) in [4.78, 5) is 12.8. The number of carbonyl (C=O) groups excluding carboxylic acids is 1. The van der Waals surface area contributed by atoms with Gasteiger partial charge in [0.1, 0.15) is 53.0 Å². The van der Waals surface area contributed by atoms with E-state index in [-0.39, 0.29) is 22.8 Å². The van der Waals surface area contributed by atoms with Crippen LogP contribution in [0.1, 0.15) is 15.9 Å². The molecule has 0 saturated carbocycles. The molecular weight excluding hydrogens is 424 g/mol. The maximum absolute atomic E-state index is 12.8. The van der Waals surface area contributed by atoms with Gasteiger partial charge in [-0.3, -0.25) is 4.79 Å². The molecule has 0 bridgehead atoms. The van der Waals surface area contributed by atoms with E-state index in [0.717, 1.165) is 6.08 Å². The van der Waals surface area contributed by atoms with Crippen molar-refractivity contribution in [3.63, 3.8) is 0 Å². The number of aliphatic hydroxyl groups excluding tert-OH is 4. The third-order valence-electron chi connectivity index (χ3n) is 4.98. The number of aromatic hydroxyl groups is 2. The third-order valence-corrected chi connectivity index (χ3v) is 4.98. The second-order valence-electron chi connectivity index (χ2n) is 7.09. The lowest BCUT2D eigenvalue weighted by molar-refractivity contribution is -0.277. The zero-order valence-corrected chi connectivity index (χ0v) is 17.0. The number of hydrogen-bond acceptors (Lipinski definition) is 10. The van der Waals surface area contributed by atoms with E-state index in [2.05, 4.69) is 0 Å². The van der Waals surface area contributed by atoms with Crippen molar-refractivity contribution < 1.29 is 49.6 Å². The summed E-state index contributed by atoms with van der Waals surface area (Å²) in [6, 6.07) is 8.77. The Morgan fingerprint density at radius 1 is 1.06 bits per heavy atom. The van der Waals surface area contributed by atoms with Crippen LogP contribution in [0.3, 0.4) is 0 Å². The first-order valence-electron chi connectivity index (χ1n) is 9.65. The smallest absolute Gasteiger partial charge is 0.229 e. The minimum Gasteiger partial charge on any atom is -0.507 e. The van der Waals surface area contributed by atoms with Crippen molar-refractivity contribution in [1.82, 2.24) is 0 Å². The number of aliphatic hydroxyl groups is 4. The molecule has 10 nitrogen and oxygen atoms in total. The van der Waals surface area contributed by atoms with Crippen LogP contribution < -0.4 is 9.47 Å². The summed E-state index contributed by atoms with van der Waals surface area (Å²) in [5.74, 6) is -1.35. The van der Waals surface area contributed by atoms with Crippen LogP contribution in [0, 0.1) is 0 Å². The topological polar surface area (TPSA) is 166 Å². The normalized spacial score (nSPS) is 25.6. The maximum atomic E-state index is 12.8. The molecule has 0 unspecified atom stereocenters. The van der Waals surface area contributed by atoms with E-state index in [1.165, 1.54) is 31.4 Å². The standard InChI is InChI=1S/C22H24O10/c1-30-12-8-15(26)18(14(25)7-6-11-4-2-3-5-13(11)24)16(9-12)31-22-21(29)20(28)19(27)17(10-23)32-22/h2-9,17,19-24,26-29H,10H2,1H3/b7-6+/t17-,19+,20-,21+,22+/m0/s1. The molecule has 0 amide bonds. The number of benzene rings is 2. The highest BCUT2D eigenvalue weighted by Crippen LogP contribution is 2.36. The van der Waals surface area contributed by atoms with Crippen LogP contribution in [0.5, 0.6) is 23.0 Å². The molecule has 32 heavy (non-hydrogen) atoms. The summed E-state index contributed by atoms with van der Waals surface area (Å²) in [7, 11) is 1.33. The van der Waals surface area contributed by atoms with Crippen LogP contribution in [0.2, 0.25) is 0 Å². The summed E-state index contributed by atoms with van der Waals surface area (Å²) in [5, 5.41) is 59.7. The SMILES string of the molecule is COc1cc(O)c(C(=O)/C=C/c2ccccc2O)c(O[C@@H]2O[C@@H](CO)[C@@H](O)[C@H](O)[C@H]2O)c1. The zero-order chi connectivity index (χ0) is 23.4. The minimum absolute atomic E-state index is 0.0479. The molecule has 1 heterocycles. The third kappa shape index (κ3) is 4.85. The lowest BCUT2D eigenvalue weighted by Crippen LogP contribution is -2.60. The largest absolute Gasteiger partial charge is 0.507 e. The van der Waals surface area contributed by atoms with Gasteiger partial charge in [-0.2, -0.15) is 0 Å². The van der Waals surface area contributed by atoms with Gasteiger partial charge in [-0.25, -0.2) is 0 Å². The Hall–Kier alpha value is -3.15. The average Bonchev–Trinajstić information content (AvgIpc) is 2.78. The van der Waals surface area contributed by atoms with Crippen LogP contribution in [0.15, 0.2) is 42.5 Å². The van der Waals surface area contributed by atoms with Gasteiger partial charge < -0.3 is 44.8 Å². The Kier molecular flexibility index (Phi) is 7.33. The Labute approximate surface area is 183 Å². The number of ketones is 1. The second-order valence-corrected chi connectivity index (χ2v) is 7.09. The fraction of sp³-hybridized carbons (Fsp3) is 0.318. The quantitative estimate of drug-likeness (QED) is 0.254. The van der Waals surface area contributed by atoms with E-state index >= 15 is 0 Å². The number of hydrogen-bond donors (Lipinski definition) is 6. The van der Waals surface area contributed by atoms with E-state index in [1.807, 2.05) is 0 Å². The zero-order valence-electron chi connectivity index (χ0n) is 17.0. The molecule has 2 aromatic carbocycles. The van der Waals surface area contributed by atoms with E-state index < -0.39 is 48.8 Å². The van der Waals surface area contributed by atoms with E-state index in [9.17, 15) is 35.4 Å². The molecule has 1 aliphatic heterocycles.